The molecule has 150 valence electrons. The monoisotopic (exact) mass is 398 g/mol. The van der Waals surface area contributed by atoms with Crippen molar-refractivity contribution in [3.8, 4) is 5.75 Å². The molecule has 0 saturated carbocycles. The average molecular weight is 398 g/mol. The summed E-state index contributed by atoms with van der Waals surface area (Å²) >= 11 is 0. The summed E-state index contributed by atoms with van der Waals surface area (Å²) in [5.41, 5.74) is 0.484. The van der Waals surface area contributed by atoms with Crippen LogP contribution >= 0.6 is 0 Å². The van der Waals surface area contributed by atoms with Crippen LogP contribution in [0.1, 0.15) is 36.5 Å². The van der Waals surface area contributed by atoms with Crippen LogP contribution in [0.4, 0.5) is 5.69 Å². The fraction of sp³-hybridized carbons (Fsp3) is 0.556. The molecule has 2 rings (SSSR count). The van der Waals surface area contributed by atoms with Crippen molar-refractivity contribution in [3.63, 3.8) is 0 Å². The summed E-state index contributed by atoms with van der Waals surface area (Å²) in [5.74, 6) is -0.852. The highest BCUT2D eigenvalue weighted by Gasteiger charge is 2.32. The normalized spacial score (nSPS) is 18.0. The first-order chi connectivity index (χ1) is 12.8. The number of amides is 1. The quantitative estimate of drug-likeness (QED) is 0.704. The predicted molar refractivity (Wildman–Crippen MR) is 101 cm³/mol. The molecule has 1 heterocycles. The van der Waals surface area contributed by atoms with E-state index in [-0.39, 0.29) is 23.8 Å². The Hall–Kier alpha value is -2.13. The van der Waals surface area contributed by atoms with Gasteiger partial charge in [-0.05, 0) is 37.5 Å². The molecule has 0 spiro atoms. The Labute approximate surface area is 159 Å². The van der Waals surface area contributed by atoms with E-state index in [9.17, 15) is 18.0 Å². The largest absolute Gasteiger partial charge is 0.497 e. The number of sulfonamides is 1. The molecule has 1 atom stereocenters. The van der Waals surface area contributed by atoms with Crippen LogP contribution in [-0.2, 0) is 19.6 Å². The van der Waals surface area contributed by atoms with E-state index >= 15 is 0 Å². The topological polar surface area (TPSA) is 102 Å². The van der Waals surface area contributed by atoms with Gasteiger partial charge in [0, 0.05) is 13.1 Å². The lowest BCUT2D eigenvalue weighted by Gasteiger charge is -2.31. The molecule has 1 N–H and O–H groups in total. The van der Waals surface area contributed by atoms with Gasteiger partial charge in [0.05, 0.1) is 37.1 Å². The summed E-state index contributed by atoms with van der Waals surface area (Å²) in [6.45, 7) is 2.39. The second-order valence-corrected chi connectivity index (χ2v) is 8.49. The molecule has 0 bridgehead atoms. The fourth-order valence-corrected chi connectivity index (χ4v) is 4.66. The number of piperidine rings is 1. The highest BCUT2D eigenvalue weighted by atomic mass is 32.2. The summed E-state index contributed by atoms with van der Waals surface area (Å²) in [5, 5.41) is 2.73. The number of rotatable bonds is 7. The summed E-state index contributed by atoms with van der Waals surface area (Å²) < 4.78 is 35.8. The highest BCUT2D eigenvalue weighted by molar-refractivity contribution is 7.89. The van der Waals surface area contributed by atoms with Gasteiger partial charge in [-0.1, -0.05) is 6.92 Å². The van der Waals surface area contributed by atoms with Crippen molar-refractivity contribution in [3.05, 3.63) is 23.8 Å². The summed E-state index contributed by atoms with van der Waals surface area (Å²) in [6, 6.07) is 4.68. The Morgan fingerprint density at radius 2 is 2.04 bits per heavy atom. The third kappa shape index (κ3) is 5.20. The first-order valence-corrected chi connectivity index (χ1v) is 10.5. The van der Waals surface area contributed by atoms with Crippen molar-refractivity contribution in [2.45, 2.75) is 26.2 Å². The molecular weight excluding hydrogens is 372 g/mol. The molecule has 1 saturated heterocycles. The van der Waals surface area contributed by atoms with E-state index in [1.165, 1.54) is 24.6 Å². The van der Waals surface area contributed by atoms with Gasteiger partial charge in [-0.25, -0.2) is 17.5 Å². The van der Waals surface area contributed by atoms with Crippen LogP contribution in [0.3, 0.4) is 0 Å². The Balaban J connectivity index is 2.16. The lowest BCUT2D eigenvalue weighted by molar-refractivity contribution is -0.120. The van der Waals surface area contributed by atoms with E-state index in [1.807, 2.05) is 6.92 Å². The van der Waals surface area contributed by atoms with Gasteiger partial charge in [0.15, 0.2) is 0 Å². The number of nitrogens with zero attached hydrogens (tertiary/aromatic N) is 1. The number of esters is 1. The maximum atomic E-state index is 12.7. The van der Waals surface area contributed by atoms with Crippen LogP contribution in [0, 0.1) is 5.92 Å². The van der Waals surface area contributed by atoms with Gasteiger partial charge in [0.25, 0.3) is 0 Å². The molecule has 9 heteroatoms. The van der Waals surface area contributed by atoms with Crippen molar-refractivity contribution in [2.24, 2.45) is 5.92 Å². The second kappa shape index (κ2) is 9.18. The zero-order chi connectivity index (χ0) is 20.0. The smallest absolute Gasteiger partial charge is 0.340 e. The number of hydrogen-bond acceptors (Lipinski definition) is 6. The van der Waals surface area contributed by atoms with E-state index in [0.29, 0.717) is 37.2 Å². The highest BCUT2D eigenvalue weighted by Crippen LogP contribution is 2.26. The van der Waals surface area contributed by atoms with Gasteiger partial charge in [-0.3, -0.25) is 4.79 Å². The minimum absolute atomic E-state index is 0.0757. The number of ether oxygens (including phenoxy) is 2. The molecule has 1 fully saturated rings. The van der Waals surface area contributed by atoms with Crippen molar-refractivity contribution in [1.82, 2.24) is 4.31 Å². The number of benzene rings is 1. The van der Waals surface area contributed by atoms with Crippen molar-refractivity contribution < 1.29 is 27.5 Å². The maximum Gasteiger partial charge on any atom is 0.340 e. The number of hydrogen-bond donors (Lipinski definition) is 1. The SMILES string of the molecule is CCCS(=O)(=O)N1CCCC(C(=O)Nc2ccc(OC)cc2C(=O)OC)C1. The number of carbonyl (C=O) groups excluding carboxylic acids is 2. The van der Waals surface area contributed by atoms with Crippen LogP contribution < -0.4 is 10.1 Å². The Kier molecular flexibility index (Phi) is 7.20. The van der Waals surface area contributed by atoms with Crippen molar-refractivity contribution in [2.75, 3.05) is 38.4 Å². The lowest BCUT2D eigenvalue weighted by atomic mass is 9.98. The molecule has 1 amide bonds. The van der Waals surface area contributed by atoms with Crippen molar-refractivity contribution in [1.29, 1.82) is 0 Å². The van der Waals surface area contributed by atoms with E-state index in [1.54, 1.807) is 12.1 Å². The van der Waals surface area contributed by atoms with E-state index in [0.717, 1.165) is 0 Å². The third-order valence-corrected chi connectivity index (χ3v) is 6.54. The zero-order valence-corrected chi connectivity index (χ0v) is 16.7. The number of methoxy groups -OCH3 is 2. The molecule has 0 radical (unpaired) electrons. The van der Waals surface area contributed by atoms with E-state index < -0.39 is 21.9 Å². The van der Waals surface area contributed by atoms with E-state index in [4.69, 9.17) is 9.47 Å². The molecule has 0 aliphatic carbocycles. The van der Waals surface area contributed by atoms with Gasteiger partial charge >= 0.3 is 5.97 Å². The van der Waals surface area contributed by atoms with Crippen LogP contribution in [0.15, 0.2) is 18.2 Å². The van der Waals surface area contributed by atoms with Crippen LogP contribution in [0.25, 0.3) is 0 Å². The molecule has 1 aliphatic heterocycles. The number of carbonyl (C=O) groups is 2. The lowest BCUT2D eigenvalue weighted by Crippen LogP contribution is -2.44. The molecule has 1 aliphatic rings. The van der Waals surface area contributed by atoms with Gasteiger partial charge in [0.2, 0.25) is 15.9 Å². The summed E-state index contributed by atoms with van der Waals surface area (Å²) in [6.07, 6.45) is 1.74. The number of anilines is 1. The summed E-state index contributed by atoms with van der Waals surface area (Å²) in [7, 11) is -0.615. The Morgan fingerprint density at radius 3 is 2.67 bits per heavy atom. The Morgan fingerprint density at radius 1 is 1.30 bits per heavy atom. The molecule has 0 aromatic heterocycles. The zero-order valence-electron chi connectivity index (χ0n) is 15.9. The predicted octanol–water partition coefficient (Wildman–Crippen LogP) is 1.87. The molecule has 1 aromatic carbocycles. The van der Waals surface area contributed by atoms with Gasteiger partial charge < -0.3 is 14.8 Å². The molecule has 8 nitrogen and oxygen atoms in total. The summed E-state index contributed by atoms with van der Waals surface area (Å²) in [4.78, 5) is 24.7. The van der Waals surface area contributed by atoms with Crippen LogP contribution in [0.5, 0.6) is 5.75 Å². The minimum Gasteiger partial charge on any atom is -0.497 e. The maximum absolute atomic E-state index is 12.7. The molecule has 1 unspecified atom stereocenters. The first kappa shape index (κ1) is 21.2. The van der Waals surface area contributed by atoms with Crippen molar-refractivity contribution >= 4 is 27.6 Å². The Bertz CT molecular complexity index is 793. The standard InChI is InChI=1S/C18H26N2O6S/c1-4-10-27(23,24)20-9-5-6-13(12-20)17(21)19-16-8-7-14(25-2)11-15(16)18(22)26-3/h7-8,11,13H,4-6,9-10,12H2,1-3H3,(H,19,21). The average Bonchev–Trinajstić information content (AvgIpc) is 2.67. The first-order valence-electron chi connectivity index (χ1n) is 8.87. The van der Waals surface area contributed by atoms with Gasteiger partial charge in [0.1, 0.15) is 5.75 Å². The fourth-order valence-electron chi connectivity index (χ4n) is 3.07. The van der Waals surface area contributed by atoms with E-state index in [2.05, 4.69) is 5.32 Å². The molecule has 27 heavy (non-hydrogen) atoms. The molecular formula is C18H26N2O6S. The second-order valence-electron chi connectivity index (χ2n) is 6.41. The van der Waals surface area contributed by atoms with Crippen LogP contribution in [-0.4, -0.2) is 57.7 Å². The van der Waals surface area contributed by atoms with Gasteiger partial charge in [-0.15, -0.1) is 0 Å². The number of nitrogens with one attached hydrogen (secondary N) is 1. The van der Waals surface area contributed by atoms with Crippen LogP contribution in [0.2, 0.25) is 0 Å². The molecule has 1 aromatic rings. The minimum atomic E-state index is -3.34. The van der Waals surface area contributed by atoms with Gasteiger partial charge in [-0.2, -0.15) is 0 Å². The third-order valence-electron chi connectivity index (χ3n) is 4.50.